The molecular weight excluding hydrogens is 338 g/mol. The fourth-order valence-corrected chi connectivity index (χ4v) is 3.43. The maximum absolute atomic E-state index is 12.4. The van der Waals surface area contributed by atoms with E-state index in [0.717, 1.165) is 24.4 Å². The van der Waals surface area contributed by atoms with Crippen molar-refractivity contribution in [1.82, 2.24) is 20.9 Å². The molecule has 1 atom stereocenters. The second-order valence-corrected chi connectivity index (χ2v) is 6.65. The highest BCUT2D eigenvalue weighted by Crippen LogP contribution is 2.13. The van der Waals surface area contributed by atoms with Crippen molar-refractivity contribution >= 4 is 23.7 Å². The minimum absolute atomic E-state index is 0.0673. The molecule has 1 saturated heterocycles. The Labute approximate surface area is 152 Å². The van der Waals surface area contributed by atoms with Crippen molar-refractivity contribution in [2.75, 3.05) is 38.5 Å². The quantitative estimate of drug-likeness (QED) is 0.616. The van der Waals surface area contributed by atoms with Crippen molar-refractivity contribution in [3.8, 4) is 6.07 Å². The third-order valence-electron chi connectivity index (χ3n) is 3.76. The number of rotatable bonds is 7. The van der Waals surface area contributed by atoms with Crippen LogP contribution in [0.25, 0.3) is 0 Å². The number of piperazine rings is 1. The Kier molecular flexibility index (Phi) is 8.09. The minimum atomic E-state index is -0.663. The van der Waals surface area contributed by atoms with Gasteiger partial charge in [-0.1, -0.05) is 30.3 Å². The summed E-state index contributed by atoms with van der Waals surface area (Å²) in [6.45, 7) is 2.68. The molecular formula is C17H23N5O2S. The number of hydrogen-bond donors (Lipinski definition) is 3. The van der Waals surface area contributed by atoms with E-state index in [2.05, 4.69) is 16.0 Å². The lowest BCUT2D eigenvalue weighted by Crippen LogP contribution is -2.56. The number of nitriles is 1. The third-order valence-corrected chi connectivity index (χ3v) is 4.86. The maximum Gasteiger partial charge on any atom is 0.318 e. The molecule has 0 spiro atoms. The van der Waals surface area contributed by atoms with Gasteiger partial charge in [0.05, 0.1) is 6.07 Å². The van der Waals surface area contributed by atoms with Crippen LogP contribution in [-0.2, 0) is 10.5 Å². The summed E-state index contributed by atoms with van der Waals surface area (Å²) >= 11 is 1.58. The predicted molar refractivity (Wildman–Crippen MR) is 98.0 cm³/mol. The first-order valence-electron chi connectivity index (χ1n) is 8.23. The highest BCUT2D eigenvalue weighted by molar-refractivity contribution is 7.98. The van der Waals surface area contributed by atoms with Crippen molar-refractivity contribution in [2.24, 2.45) is 0 Å². The minimum Gasteiger partial charge on any atom is -0.341 e. The summed E-state index contributed by atoms with van der Waals surface area (Å²) in [5, 5.41) is 17.1. The van der Waals surface area contributed by atoms with Gasteiger partial charge in [0.2, 0.25) is 5.91 Å². The molecule has 2 rings (SSSR count). The van der Waals surface area contributed by atoms with E-state index in [1.54, 1.807) is 16.7 Å². The lowest BCUT2D eigenvalue weighted by atomic mass is 10.2. The van der Waals surface area contributed by atoms with Crippen LogP contribution in [0.3, 0.4) is 0 Å². The number of carbonyl (C=O) groups is 2. The SMILES string of the molecule is N#CCNC(=O)[C@H](CSCc1ccccc1)NC(=O)N1CCNCC1. The Morgan fingerprint density at radius 3 is 2.68 bits per heavy atom. The zero-order chi connectivity index (χ0) is 17.9. The summed E-state index contributed by atoms with van der Waals surface area (Å²) in [5.41, 5.74) is 1.16. The topological polar surface area (TPSA) is 97.3 Å². The van der Waals surface area contributed by atoms with E-state index in [9.17, 15) is 9.59 Å². The fraction of sp³-hybridized carbons (Fsp3) is 0.471. The number of carbonyl (C=O) groups excluding carboxylic acids is 2. The Hall–Kier alpha value is -2.24. The van der Waals surface area contributed by atoms with Crippen LogP contribution < -0.4 is 16.0 Å². The standard InChI is InChI=1S/C17H23N5O2S/c18-6-7-20-16(23)15(13-25-12-14-4-2-1-3-5-14)21-17(24)22-10-8-19-9-11-22/h1-5,15,19H,7-13H2,(H,20,23)(H,21,24)/t15-/m0/s1. The number of hydrogen-bond acceptors (Lipinski definition) is 5. The van der Waals surface area contributed by atoms with Crippen LogP contribution in [0.2, 0.25) is 0 Å². The molecule has 0 radical (unpaired) electrons. The van der Waals surface area contributed by atoms with Crippen LogP contribution >= 0.6 is 11.8 Å². The zero-order valence-electron chi connectivity index (χ0n) is 14.0. The van der Waals surface area contributed by atoms with Gasteiger partial charge in [-0.25, -0.2) is 4.79 Å². The molecule has 0 aliphatic carbocycles. The summed E-state index contributed by atoms with van der Waals surface area (Å²) < 4.78 is 0. The van der Waals surface area contributed by atoms with Gasteiger partial charge >= 0.3 is 6.03 Å². The molecule has 25 heavy (non-hydrogen) atoms. The molecule has 0 saturated carbocycles. The molecule has 1 aromatic carbocycles. The molecule has 0 aromatic heterocycles. The number of nitrogens with zero attached hydrogens (tertiary/aromatic N) is 2. The largest absolute Gasteiger partial charge is 0.341 e. The number of nitrogens with one attached hydrogen (secondary N) is 3. The van der Waals surface area contributed by atoms with Crippen LogP contribution in [-0.4, -0.2) is 61.4 Å². The normalized spacial score (nSPS) is 15.1. The van der Waals surface area contributed by atoms with Gasteiger partial charge in [-0.3, -0.25) is 4.79 Å². The lowest BCUT2D eigenvalue weighted by Gasteiger charge is -2.29. The first kappa shape index (κ1) is 19.1. The summed E-state index contributed by atoms with van der Waals surface area (Å²) in [6.07, 6.45) is 0. The zero-order valence-corrected chi connectivity index (χ0v) is 14.8. The molecule has 8 heteroatoms. The van der Waals surface area contributed by atoms with E-state index in [1.165, 1.54) is 0 Å². The van der Waals surface area contributed by atoms with E-state index in [0.29, 0.717) is 18.8 Å². The van der Waals surface area contributed by atoms with E-state index in [-0.39, 0.29) is 18.5 Å². The summed E-state index contributed by atoms with van der Waals surface area (Å²) in [4.78, 5) is 26.3. The van der Waals surface area contributed by atoms with Crippen molar-refractivity contribution in [3.05, 3.63) is 35.9 Å². The van der Waals surface area contributed by atoms with E-state index >= 15 is 0 Å². The highest BCUT2D eigenvalue weighted by Gasteiger charge is 2.24. The number of urea groups is 1. The average molecular weight is 361 g/mol. The van der Waals surface area contributed by atoms with Gasteiger partial charge < -0.3 is 20.9 Å². The number of benzene rings is 1. The van der Waals surface area contributed by atoms with Gasteiger partial charge in [-0.2, -0.15) is 17.0 Å². The number of thioether (sulfide) groups is 1. The maximum atomic E-state index is 12.4. The first-order valence-corrected chi connectivity index (χ1v) is 9.38. The molecule has 1 heterocycles. The van der Waals surface area contributed by atoms with Crippen molar-refractivity contribution in [1.29, 1.82) is 5.26 Å². The summed E-state index contributed by atoms with van der Waals surface area (Å²) in [7, 11) is 0. The van der Waals surface area contributed by atoms with Crippen molar-refractivity contribution < 1.29 is 9.59 Å². The molecule has 3 amide bonds. The lowest BCUT2D eigenvalue weighted by molar-refractivity contribution is -0.122. The molecule has 3 N–H and O–H groups in total. The van der Waals surface area contributed by atoms with Gasteiger partial charge in [-0.15, -0.1) is 0 Å². The van der Waals surface area contributed by atoms with Crippen LogP contribution in [0.15, 0.2) is 30.3 Å². The van der Waals surface area contributed by atoms with Crippen molar-refractivity contribution in [2.45, 2.75) is 11.8 Å². The summed E-state index contributed by atoms with van der Waals surface area (Å²) in [6, 6.07) is 10.9. The van der Waals surface area contributed by atoms with Gasteiger partial charge in [0.15, 0.2) is 0 Å². The van der Waals surface area contributed by atoms with Crippen LogP contribution in [0.5, 0.6) is 0 Å². The monoisotopic (exact) mass is 361 g/mol. The smallest absolute Gasteiger partial charge is 0.318 e. The highest BCUT2D eigenvalue weighted by atomic mass is 32.2. The van der Waals surface area contributed by atoms with E-state index in [1.807, 2.05) is 36.4 Å². The molecule has 1 aromatic rings. The summed E-state index contributed by atoms with van der Waals surface area (Å²) in [5.74, 6) is 0.877. The Balaban J connectivity index is 1.88. The Morgan fingerprint density at radius 2 is 2.00 bits per heavy atom. The van der Waals surface area contributed by atoms with Crippen LogP contribution in [0.4, 0.5) is 4.79 Å². The Morgan fingerprint density at radius 1 is 1.28 bits per heavy atom. The molecule has 0 unspecified atom stereocenters. The average Bonchev–Trinajstić information content (AvgIpc) is 2.66. The second kappa shape index (κ2) is 10.6. The Bertz CT molecular complexity index is 599. The van der Waals surface area contributed by atoms with E-state index < -0.39 is 6.04 Å². The van der Waals surface area contributed by atoms with Gasteiger partial charge in [-0.05, 0) is 5.56 Å². The van der Waals surface area contributed by atoms with Gasteiger partial charge in [0, 0.05) is 37.7 Å². The third kappa shape index (κ3) is 6.64. The second-order valence-electron chi connectivity index (χ2n) is 5.62. The van der Waals surface area contributed by atoms with Crippen LogP contribution in [0, 0.1) is 11.3 Å². The van der Waals surface area contributed by atoms with E-state index in [4.69, 9.17) is 5.26 Å². The molecule has 1 aliphatic rings. The predicted octanol–water partition coefficient (Wildman–Crippen LogP) is 0.543. The van der Waals surface area contributed by atoms with Gasteiger partial charge in [0.25, 0.3) is 0 Å². The molecule has 1 fully saturated rings. The van der Waals surface area contributed by atoms with Crippen molar-refractivity contribution in [3.63, 3.8) is 0 Å². The first-order chi connectivity index (χ1) is 12.2. The molecule has 134 valence electrons. The molecule has 0 bridgehead atoms. The van der Waals surface area contributed by atoms with Gasteiger partial charge in [0.1, 0.15) is 12.6 Å². The molecule has 1 aliphatic heterocycles. The fourth-order valence-electron chi connectivity index (χ4n) is 2.41. The molecule has 7 nitrogen and oxygen atoms in total. The van der Waals surface area contributed by atoms with Crippen LogP contribution in [0.1, 0.15) is 5.56 Å². The number of amides is 3.